The molecule has 2 heterocycles. The third-order valence-corrected chi connectivity index (χ3v) is 2.31. The van der Waals surface area contributed by atoms with E-state index in [1.54, 1.807) is 6.20 Å². The van der Waals surface area contributed by atoms with E-state index < -0.39 is 5.97 Å². The van der Waals surface area contributed by atoms with E-state index in [0.717, 1.165) is 0 Å². The summed E-state index contributed by atoms with van der Waals surface area (Å²) in [5.74, 6) is -0.0690. The molecule has 20 heavy (non-hydrogen) atoms. The molecular formula is C11H14N6O3. The fourth-order valence-corrected chi connectivity index (χ4v) is 1.45. The minimum atomic E-state index is -1.10. The summed E-state index contributed by atoms with van der Waals surface area (Å²) in [5, 5.41) is 19.0. The number of carbonyl (C=O) groups is 1. The van der Waals surface area contributed by atoms with Gasteiger partial charge in [-0.2, -0.15) is 4.98 Å². The molecule has 2 rings (SSSR count). The zero-order valence-electron chi connectivity index (χ0n) is 10.9. The highest BCUT2D eigenvalue weighted by molar-refractivity contribution is 5.84. The third kappa shape index (κ3) is 3.64. The number of hydrogen-bond donors (Lipinski definition) is 2. The zero-order chi connectivity index (χ0) is 14.4. The van der Waals surface area contributed by atoms with E-state index in [2.05, 4.69) is 25.6 Å². The molecule has 0 fully saturated rings. The van der Waals surface area contributed by atoms with Crippen molar-refractivity contribution in [1.82, 2.24) is 25.0 Å². The molecule has 0 aliphatic carbocycles. The van der Waals surface area contributed by atoms with Gasteiger partial charge < -0.3 is 15.2 Å². The van der Waals surface area contributed by atoms with E-state index in [1.807, 2.05) is 6.92 Å². The van der Waals surface area contributed by atoms with Crippen molar-refractivity contribution in [1.29, 1.82) is 0 Å². The summed E-state index contributed by atoms with van der Waals surface area (Å²) < 4.78 is 6.68. The first-order chi connectivity index (χ1) is 9.69. The van der Waals surface area contributed by atoms with Gasteiger partial charge in [-0.3, -0.25) is 4.98 Å². The van der Waals surface area contributed by atoms with Gasteiger partial charge in [0.25, 0.3) is 0 Å². The molecule has 9 nitrogen and oxygen atoms in total. The average molecular weight is 278 g/mol. The first kappa shape index (κ1) is 13.7. The Kier molecular flexibility index (Phi) is 4.43. The number of hydrogen-bond acceptors (Lipinski definition) is 7. The van der Waals surface area contributed by atoms with Gasteiger partial charge >= 0.3 is 5.97 Å². The molecule has 0 aromatic carbocycles. The van der Waals surface area contributed by atoms with Crippen LogP contribution in [0.3, 0.4) is 0 Å². The van der Waals surface area contributed by atoms with Crippen LogP contribution in [-0.2, 0) is 6.54 Å². The van der Waals surface area contributed by atoms with Crippen molar-refractivity contribution in [2.45, 2.75) is 13.5 Å². The number of rotatable bonds is 7. The van der Waals surface area contributed by atoms with Gasteiger partial charge in [-0.15, -0.1) is 5.10 Å². The Morgan fingerprint density at radius 2 is 2.35 bits per heavy atom. The van der Waals surface area contributed by atoms with Crippen LogP contribution in [0.5, 0.6) is 5.88 Å². The van der Waals surface area contributed by atoms with Gasteiger partial charge in [-0.05, 0) is 6.92 Å². The van der Waals surface area contributed by atoms with Crippen molar-refractivity contribution in [2.75, 3.05) is 18.5 Å². The first-order valence-electron chi connectivity index (χ1n) is 6.01. The second-order valence-corrected chi connectivity index (χ2v) is 3.77. The predicted octanol–water partition coefficient (Wildman–Crippen LogP) is 0.277. The molecule has 0 atom stereocenters. The molecular weight excluding hydrogens is 264 g/mol. The summed E-state index contributed by atoms with van der Waals surface area (Å²) in [7, 11) is 0. The lowest BCUT2D eigenvalue weighted by atomic mass is 10.5. The molecule has 0 saturated carbocycles. The minimum Gasteiger partial charge on any atom is -0.477 e. The normalized spacial score (nSPS) is 10.2. The fourth-order valence-electron chi connectivity index (χ4n) is 1.45. The Labute approximate surface area is 114 Å². The van der Waals surface area contributed by atoms with Gasteiger partial charge in [0.2, 0.25) is 5.88 Å². The van der Waals surface area contributed by atoms with Gasteiger partial charge in [0.05, 0.1) is 31.7 Å². The highest BCUT2D eigenvalue weighted by Crippen LogP contribution is 2.08. The molecule has 0 aliphatic heterocycles. The van der Waals surface area contributed by atoms with Crippen LogP contribution in [0, 0.1) is 0 Å². The molecule has 0 saturated heterocycles. The standard InChI is InChI=1S/C11H14N6O3/c1-2-20-10-6-12-5-9(14-10)13-3-4-17-7-8(11(18)19)15-16-17/h5-7H,2-4H2,1H3,(H,13,14)(H,18,19). The lowest BCUT2D eigenvalue weighted by molar-refractivity contribution is 0.0690. The summed E-state index contributed by atoms with van der Waals surface area (Å²) in [6.07, 6.45) is 4.48. The van der Waals surface area contributed by atoms with Crippen molar-refractivity contribution in [2.24, 2.45) is 0 Å². The summed E-state index contributed by atoms with van der Waals surface area (Å²) >= 11 is 0. The molecule has 0 unspecified atom stereocenters. The van der Waals surface area contributed by atoms with Gasteiger partial charge in [0.1, 0.15) is 5.82 Å². The molecule has 2 aromatic rings. The molecule has 0 aliphatic rings. The number of aromatic nitrogens is 5. The van der Waals surface area contributed by atoms with Crippen LogP contribution in [0.2, 0.25) is 0 Å². The Hall–Kier alpha value is -2.71. The van der Waals surface area contributed by atoms with Crippen molar-refractivity contribution >= 4 is 11.8 Å². The Morgan fingerprint density at radius 1 is 1.50 bits per heavy atom. The zero-order valence-corrected chi connectivity index (χ0v) is 10.9. The quantitative estimate of drug-likeness (QED) is 0.742. The number of ether oxygens (including phenoxy) is 1. The molecule has 106 valence electrons. The molecule has 0 radical (unpaired) electrons. The Bertz CT molecular complexity index is 585. The van der Waals surface area contributed by atoms with Crippen LogP contribution in [0.25, 0.3) is 0 Å². The van der Waals surface area contributed by atoms with E-state index in [9.17, 15) is 4.79 Å². The van der Waals surface area contributed by atoms with E-state index in [0.29, 0.717) is 31.4 Å². The maximum atomic E-state index is 10.6. The van der Waals surface area contributed by atoms with Crippen LogP contribution >= 0.6 is 0 Å². The number of nitrogens with one attached hydrogen (secondary N) is 1. The fraction of sp³-hybridized carbons (Fsp3) is 0.364. The van der Waals surface area contributed by atoms with Gasteiger partial charge in [-0.1, -0.05) is 5.21 Å². The summed E-state index contributed by atoms with van der Waals surface area (Å²) in [6, 6.07) is 0. The number of aromatic carboxylic acids is 1. The van der Waals surface area contributed by atoms with Crippen LogP contribution < -0.4 is 10.1 Å². The molecule has 2 aromatic heterocycles. The van der Waals surface area contributed by atoms with Gasteiger partial charge in [0.15, 0.2) is 5.69 Å². The molecule has 0 amide bonds. The number of carboxylic acids is 1. The maximum Gasteiger partial charge on any atom is 0.358 e. The average Bonchev–Trinajstić information content (AvgIpc) is 2.89. The topological polar surface area (TPSA) is 115 Å². The summed E-state index contributed by atoms with van der Waals surface area (Å²) in [6.45, 7) is 3.36. The molecule has 0 spiro atoms. The van der Waals surface area contributed by atoms with Crippen molar-refractivity contribution in [3.05, 3.63) is 24.3 Å². The Morgan fingerprint density at radius 3 is 3.05 bits per heavy atom. The molecule has 2 N–H and O–H groups in total. The van der Waals surface area contributed by atoms with E-state index in [4.69, 9.17) is 9.84 Å². The van der Waals surface area contributed by atoms with Crippen LogP contribution in [-0.4, -0.2) is 49.2 Å². The number of anilines is 1. The smallest absolute Gasteiger partial charge is 0.358 e. The Balaban J connectivity index is 1.85. The SMILES string of the molecule is CCOc1cncc(NCCn2cc(C(=O)O)nn2)n1. The predicted molar refractivity (Wildman–Crippen MR) is 68.7 cm³/mol. The third-order valence-electron chi connectivity index (χ3n) is 2.31. The van der Waals surface area contributed by atoms with Crippen molar-refractivity contribution in [3.8, 4) is 5.88 Å². The van der Waals surface area contributed by atoms with E-state index in [-0.39, 0.29) is 5.69 Å². The lowest BCUT2D eigenvalue weighted by Gasteiger charge is -2.06. The van der Waals surface area contributed by atoms with E-state index in [1.165, 1.54) is 17.1 Å². The summed E-state index contributed by atoms with van der Waals surface area (Å²) in [4.78, 5) is 18.8. The highest BCUT2D eigenvalue weighted by atomic mass is 16.5. The van der Waals surface area contributed by atoms with Crippen LogP contribution in [0.4, 0.5) is 5.82 Å². The number of carboxylic acid groups (broad SMARTS) is 1. The van der Waals surface area contributed by atoms with E-state index >= 15 is 0 Å². The van der Waals surface area contributed by atoms with Crippen LogP contribution in [0.15, 0.2) is 18.6 Å². The van der Waals surface area contributed by atoms with Gasteiger partial charge in [-0.25, -0.2) is 9.48 Å². The second-order valence-electron chi connectivity index (χ2n) is 3.77. The van der Waals surface area contributed by atoms with Crippen LogP contribution in [0.1, 0.15) is 17.4 Å². The summed E-state index contributed by atoms with van der Waals surface area (Å²) in [5.41, 5.74) is -0.0804. The number of nitrogens with zero attached hydrogens (tertiary/aromatic N) is 5. The first-order valence-corrected chi connectivity index (χ1v) is 6.01. The lowest BCUT2D eigenvalue weighted by Crippen LogP contribution is -2.12. The molecule has 9 heteroatoms. The minimum absolute atomic E-state index is 0.0804. The maximum absolute atomic E-state index is 10.6. The molecule has 0 bridgehead atoms. The largest absolute Gasteiger partial charge is 0.477 e. The highest BCUT2D eigenvalue weighted by Gasteiger charge is 2.07. The van der Waals surface area contributed by atoms with Gasteiger partial charge in [0, 0.05) is 6.54 Å². The van der Waals surface area contributed by atoms with Crippen molar-refractivity contribution < 1.29 is 14.6 Å². The van der Waals surface area contributed by atoms with Crippen molar-refractivity contribution in [3.63, 3.8) is 0 Å². The second kappa shape index (κ2) is 6.45. The monoisotopic (exact) mass is 278 g/mol.